The maximum atomic E-state index is 12.5. The fourth-order valence-corrected chi connectivity index (χ4v) is 4.14. The fourth-order valence-electron chi connectivity index (χ4n) is 3.12. The average Bonchev–Trinajstić information content (AvgIpc) is 3.05. The SMILES string of the molecule is CC(C)c1ncc(S(=O)(=O)NCC2(O)CCCc3ccccc32)[nH]1. The zero-order valence-corrected chi connectivity index (χ0v) is 14.7. The smallest absolute Gasteiger partial charge is 0.257 e. The van der Waals surface area contributed by atoms with Crippen molar-refractivity contribution in [3.8, 4) is 0 Å². The van der Waals surface area contributed by atoms with Crippen LogP contribution in [-0.4, -0.2) is 30.0 Å². The van der Waals surface area contributed by atoms with Crippen molar-refractivity contribution in [3.63, 3.8) is 0 Å². The molecular weight excluding hydrogens is 326 g/mol. The van der Waals surface area contributed by atoms with Gasteiger partial charge in [0.05, 0.1) is 6.20 Å². The number of aromatic nitrogens is 2. The standard InChI is InChI=1S/C17H23N3O3S/c1-12(2)16-18-10-15(20-16)24(22,23)19-11-17(21)9-5-7-13-6-3-4-8-14(13)17/h3-4,6,8,10,12,19,21H,5,7,9,11H2,1-2H3,(H,18,20). The van der Waals surface area contributed by atoms with Crippen LogP contribution in [0.2, 0.25) is 0 Å². The van der Waals surface area contributed by atoms with Crippen molar-refractivity contribution in [2.75, 3.05) is 6.54 Å². The average molecular weight is 349 g/mol. The summed E-state index contributed by atoms with van der Waals surface area (Å²) in [5.74, 6) is 0.737. The van der Waals surface area contributed by atoms with Gasteiger partial charge in [-0.05, 0) is 30.4 Å². The number of aromatic amines is 1. The molecule has 1 aliphatic carbocycles. The molecule has 1 aliphatic rings. The Hall–Kier alpha value is -1.70. The monoisotopic (exact) mass is 349 g/mol. The molecule has 7 heteroatoms. The summed E-state index contributed by atoms with van der Waals surface area (Å²) in [7, 11) is -3.74. The maximum Gasteiger partial charge on any atom is 0.257 e. The fraction of sp³-hybridized carbons (Fsp3) is 0.471. The Kier molecular flexibility index (Phi) is 4.50. The van der Waals surface area contributed by atoms with Gasteiger partial charge in [-0.3, -0.25) is 0 Å². The summed E-state index contributed by atoms with van der Waals surface area (Å²) in [6, 6.07) is 7.66. The van der Waals surface area contributed by atoms with Crippen molar-refractivity contribution < 1.29 is 13.5 Å². The molecule has 0 spiro atoms. The van der Waals surface area contributed by atoms with Crippen molar-refractivity contribution in [2.45, 2.75) is 49.7 Å². The summed E-state index contributed by atoms with van der Waals surface area (Å²) in [6.07, 6.45) is 3.59. The number of nitrogens with zero attached hydrogens (tertiary/aromatic N) is 1. The Bertz CT molecular complexity index is 829. The van der Waals surface area contributed by atoms with Crippen LogP contribution in [0.3, 0.4) is 0 Å². The molecule has 1 aromatic heterocycles. The Balaban J connectivity index is 1.79. The third kappa shape index (κ3) is 3.24. The summed E-state index contributed by atoms with van der Waals surface area (Å²) in [5.41, 5.74) is 0.712. The number of H-pyrrole nitrogens is 1. The van der Waals surface area contributed by atoms with Crippen molar-refractivity contribution in [1.82, 2.24) is 14.7 Å². The van der Waals surface area contributed by atoms with Crippen molar-refractivity contribution in [2.24, 2.45) is 0 Å². The molecule has 6 nitrogen and oxygen atoms in total. The number of nitrogens with one attached hydrogen (secondary N) is 2. The molecule has 0 radical (unpaired) electrons. The number of aryl methyl sites for hydroxylation is 1. The third-order valence-electron chi connectivity index (χ3n) is 4.52. The predicted octanol–water partition coefficient (Wildman–Crippen LogP) is 2.04. The molecule has 1 aromatic carbocycles. The summed E-state index contributed by atoms with van der Waals surface area (Å²) in [5, 5.41) is 11.0. The van der Waals surface area contributed by atoms with Gasteiger partial charge in [0.1, 0.15) is 11.4 Å². The normalized spacial score (nSPS) is 21.0. The van der Waals surface area contributed by atoms with Gasteiger partial charge >= 0.3 is 0 Å². The molecule has 0 fully saturated rings. The van der Waals surface area contributed by atoms with E-state index in [-0.39, 0.29) is 17.5 Å². The summed E-state index contributed by atoms with van der Waals surface area (Å²) >= 11 is 0. The quantitative estimate of drug-likeness (QED) is 0.770. The molecule has 1 atom stereocenters. The minimum Gasteiger partial charge on any atom is -0.384 e. The largest absolute Gasteiger partial charge is 0.384 e. The topological polar surface area (TPSA) is 95.1 Å². The van der Waals surface area contributed by atoms with Gasteiger partial charge in [0.15, 0.2) is 5.03 Å². The number of hydrogen-bond acceptors (Lipinski definition) is 4. The summed E-state index contributed by atoms with van der Waals surface area (Å²) in [6.45, 7) is 3.82. The first-order valence-electron chi connectivity index (χ1n) is 8.17. The Morgan fingerprint density at radius 2 is 2.12 bits per heavy atom. The van der Waals surface area contributed by atoms with E-state index in [0.717, 1.165) is 24.0 Å². The van der Waals surface area contributed by atoms with E-state index < -0.39 is 15.6 Å². The van der Waals surface area contributed by atoms with Crippen LogP contribution in [0.5, 0.6) is 0 Å². The summed E-state index contributed by atoms with van der Waals surface area (Å²) < 4.78 is 27.5. The molecule has 3 N–H and O–H groups in total. The van der Waals surface area contributed by atoms with Crippen molar-refractivity contribution in [1.29, 1.82) is 0 Å². The van der Waals surface area contributed by atoms with Gasteiger partial charge in [-0.1, -0.05) is 38.1 Å². The molecule has 3 rings (SSSR count). The zero-order chi connectivity index (χ0) is 17.4. The van der Waals surface area contributed by atoms with E-state index in [1.165, 1.54) is 6.20 Å². The second-order valence-electron chi connectivity index (χ2n) is 6.65. The number of rotatable bonds is 5. The molecule has 0 saturated carbocycles. The minimum atomic E-state index is -3.74. The first-order chi connectivity index (χ1) is 11.3. The number of imidazole rings is 1. The van der Waals surface area contributed by atoms with Crippen LogP contribution >= 0.6 is 0 Å². The van der Waals surface area contributed by atoms with Gasteiger partial charge in [-0.15, -0.1) is 0 Å². The lowest BCUT2D eigenvalue weighted by molar-refractivity contribution is 0.0243. The molecule has 0 saturated heterocycles. The lowest BCUT2D eigenvalue weighted by Gasteiger charge is -2.34. The van der Waals surface area contributed by atoms with Gasteiger partial charge in [-0.2, -0.15) is 0 Å². The first kappa shape index (κ1) is 17.1. The predicted molar refractivity (Wildman–Crippen MR) is 91.1 cm³/mol. The Labute approximate surface area is 142 Å². The minimum absolute atomic E-state index is 0.0268. The molecule has 0 bridgehead atoms. The summed E-state index contributed by atoms with van der Waals surface area (Å²) in [4.78, 5) is 6.92. The maximum absolute atomic E-state index is 12.5. The van der Waals surface area contributed by atoms with E-state index in [9.17, 15) is 13.5 Å². The van der Waals surface area contributed by atoms with Gasteiger partial charge in [0.25, 0.3) is 10.0 Å². The highest BCUT2D eigenvalue weighted by Gasteiger charge is 2.35. The van der Waals surface area contributed by atoms with E-state index in [2.05, 4.69) is 14.7 Å². The van der Waals surface area contributed by atoms with Crippen molar-refractivity contribution in [3.05, 3.63) is 47.4 Å². The second kappa shape index (κ2) is 6.31. The lowest BCUT2D eigenvalue weighted by atomic mass is 9.79. The number of fused-ring (bicyclic) bond motifs is 1. The molecule has 2 aromatic rings. The second-order valence-corrected chi connectivity index (χ2v) is 8.39. The molecule has 1 heterocycles. The number of aliphatic hydroxyl groups is 1. The van der Waals surface area contributed by atoms with Gasteiger partial charge in [-0.25, -0.2) is 18.1 Å². The molecule has 0 amide bonds. The van der Waals surface area contributed by atoms with Crippen LogP contribution in [0.25, 0.3) is 0 Å². The van der Waals surface area contributed by atoms with Crippen LogP contribution in [0.15, 0.2) is 35.5 Å². The van der Waals surface area contributed by atoms with Gasteiger partial charge in [0, 0.05) is 12.5 Å². The Morgan fingerprint density at radius 1 is 1.38 bits per heavy atom. The van der Waals surface area contributed by atoms with Crippen LogP contribution in [0.4, 0.5) is 0 Å². The van der Waals surface area contributed by atoms with E-state index in [1.54, 1.807) is 0 Å². The van der Waals surface area contributed by atoms with Crippen LogP contribution < -0.4 is 4.72 Å². The highest BCUT2D eigenvalue weighted by molar-refractivity contribution is 7.89. The molecule has 24 heavy (non-hydrogen) atoms. The van der Waals surface area contributed by atoms with Crippen LogP contribution in [-0.2, 0) is 22.0 Å². The van der Waals surface area contributed by atoms with E-state index in [0.29, 0.717) is 12.2 Å². The first-order valence-corrected chi connectivity index (χ1v) is 9.65. The highest BCUT2D eigenvalue weighted by atomic mass is 32.2. The molecule has 130 valence electrons. The molecule has 0 aliphatic heterocycles. The number of sulfonamides is 1. The van der Waals surface area contributed by atoms with E-state index >= 15 is 0 Å². The van der Waals surface area contributed by atoms with E-state index in [1.807, 2.05) is 38.1 Å². The van der Waals surface area contributed by atoms with Crippen molar-refractivity contribution >= 4 is 10.0 Å². The van der Waals surface area contributed by atoms with Gasteiger partial charge in [0.2, 0.25) is 0 Å². The third-order valence-corrected chi connectivity index (χ3v) is 5.83. The molecular formula is C17H23N3O3S. The Morgan fingerprint density at radius 3 is 2.83 bits per heavy atom. The lowest BCUT2D eigenvalue weighted by Crippen LogP contribution is -2.43. The highest BCUT2D eigenvalue weighted by Crippen LogP contribution is 2.34. The van der Waals surface area contributed by atoms with Crippen LogP contribution in [0.1, 0.15) is 49.6 Å². The molecule has 1 unspecified atom stereocenters. The zero-order valence-electron chi connectivity index (χ0n) is 13.9. The van der Waals surface area contributed by atoms with Crippen LogP contribution in [0, 0.1) is 0 Å². The number of benzene rings is 1. The number of hydrogen-bond donors (Lipinski definition) is 3. The van der Waals surface area contributed by atoms with E-state index in [4.69, 9.17) is 0 Å². The van der Waals surface area contributed by atoms with Gasteiger partial charge < -0.3 is 10.1 Å².